The molecule has 1 amide bonds. The van der Waals surface area contributed by atoms with E-state index in [4.69, 9.17) is 15.2 Å². The van der Waals surface area contributed by atoms with Crippen LogP contribution in [0.3, 0.4) is 0 Å². The van der Waals surface area contributed by atoms with Gasteiger partial charge in [0, 0.05) is 41.4 Å². The molecular formula is C23H24FN5O4. The lowest BCUT2D eigenvalue weighted by atomic mass is 9.97. The summed E-state index contributed by atoms with van der Waals surface area (Å²) in [5, 5.41) is 14.1. The average Bonchev–Trinajstić information content (AvgIpc) is 3.22. The fourth-order valence-corrected chi connectivity index (χ4v) is 4.50. The Morgan fingerprint density at radius 2 is 2.09 bits per heavy atom. The first-order chi connectivity index (χ1) is 15.9. The molecule has 2 aliphatic heterocycles. The number of nitrogens with two attached hydrogens (primary N) is 1. The van der Waals surface area contributed by atoms with Gasteiger partial charge >= 0.3 is 6.09 Å². The van der Waals surface area contributed by atoms with Crippen LogP contribution in [0.5, 0.6) is 5.88 Å². The molecule has 1 aromatic carbocycles. The second-order valence-electron chi connectivity index (χ2n) is 8.40. The highest BCUT2D eigenvalue weighted by molar-refractivity contribution is 5.99. The molecule has 2 unspecified atom stereocenters. The van der Waals surface area contributed by atoms with E-state index >= 15 is 4.39 Å². The van der Waals surface area contributed by atoms with Crippen molar-refractivity contribution in [1.29, 1.82) is 0 Å². The molecule has 2 aromatic heterocycles. The maximum Gasteiger partial charge on any atom is 0.413 e. The topological polar surface area (TPSA) is 123 Å². The largest absolute Gasteiger partial charge is 0.474 e. The van der Waals surface area contributed by atoms with Gasteiger partial charge in [-0.1, -0.05) is 6.92 Å². The molecule has 2 aliphatic rings. The number of nitrogen functional groups attached to an aromatic ring is 1. The summed E-state index contributed by atoms with van der Waals surface area (Å²) in [6.45, 7) is 5.71. The molecule has 0 radical (unpaired) electrons. The summed E-state index contributed by atoms with van der Waals surface area (Å²) < 4.78 is 26.4. The molecular weight excluding hydrogens is 429 g/mol. The molecule has 3 aromatic rings. The number of carboxylic acid groups (broad SMARTS) is 1. The van der Waals surface area contributed by atoms with E-state index in [0.717, 1.165) is 11.3 Å². The number of fused-ring (bicyclic) bond motifs is 2. The zero-order valence-corrected chi connectivity index (χ0v) is 18.3. The number of pyridine rings is 2. The Bertz CT molecular complexity index is 1270. The van der Waals surface area contributed by atoms with Gasteiger partial charge in [-0.3, -0.25) is 4.90 Å². The van der Waals surface area contributed by atoms with Gasteiger partial charge in [0.25, 0.3) is 0 Å². The molecule has 5 rings (SSSR count). The molecule has 10 heteroatoms. The lowest BCUT2D eigenvalue weighted by Crippen LogP contribution is -2.43. The van der Waals surface area contributed by atoms with Crippen LogP contribution in [0.15, 0.2) is 24.5 Å². The molecule has 0 aliphatic carbocycles. The third-order valence-corrected chi connectivity index (χ3v) is 6.33. The molecule has 4 heterocycles. The number of benzene rings is 1. The first kappa shape index (κ1) is 21.2. The van der Waals surface area contributed by atoms with E-state index in [2.05, 4.69) is 15.3 Å². The van der Waals surface area contributed by atoms with Gasteiger partial charge in [-0.05, 0) is 30.0 Å². The van der Waals surface area contributed by atoms with Gasteiger partial charge < -0.3 is 25.6 Å². The predicted molar refractivity (Wildman–Crippen MR) is 122 cm³/mol. The Kier molecular flexibility index (Phi) is 5.16. The van der Waals surface area contributed by atoms with Crippen LogP contribution in [0.2, 0.25) is 0 Å². The van der Waals surface area contributed by atoms with Crippen molar-refractivity contribution in [2.45, 2.75) is 19.9 Å². The number of amides is 1. The Morgan fingerprint density at radius 1 is 1.27 bits per heavy atom. The molecule has 1 saturated heterocycles. The normalized spacial score (nSPS) is 19.6. The maximum atomic E-state index is 15.4. The highest BCUT2D eigenvalue weighted by Crippen LogP contribution is 2.40. The molecule has 1 fully saturated rings. The summed E-state index contributed by atoms with van der Waals surface area (Å²) in [4.78, 5) is 21.9. The Labute approximate surface area is 189 Å². The number of hydrogen-bond donors (Lipinski definition) is 3. The number of carbonyl (C=O) groups is 1. The average molecular weight is 453 g/mol. The van der Waals surface area contributed by atoms with Gasteiger partial charge in [0.05, 0.1) is 24.9 Å². The van der Waals surface area contributed by atoms with Gasteiger partial charge in [-0.2, -0.15) is 0 Å². The maximum absolute atomic E-state index is 15.4. The van der Waals surface area contributed by atoms with Crippen molar-refractivity contribution >= 4 is 34.1 Å². The highest BCUT2D eigenvalue weighted by Gasteiger charge is 2.35. The minimum Gasteiger partial charge on any atom is -0.474 e. The number of anilines is 3. The fraction of sp³-hybridized carbons (Fsp3) is 0.348. The lowest BCUT2D eigenvalue weighted by Gasteiger charge is -2.27. The Balaban J connectivity index is 1.65. The second kappa shape index (κ2) is 8.04. The zero-order valence-electron chi connectivity index (χ0n) is 18.3. The van der Waals surface area contributed by atoms with Crippen molar-refractivity contribution in [2.75, 3.05) is 42.3 Å². The van der Waals surface area contributed by atoms with Crippen LogP contribution in [0.1, 0.15) is 12.5 Å². The van der Waals surface area contributed by atoms with Crippen LogP contribution >= 0.6 is 0 Å². The van der Waals surface area contributed by atoms with Crippen molar-refractivity contribution in [2.24, 2.45) is 5.92 Å². The molecule has 4 N–H and O–H groups in total. The lowest BCUT2D eigenvalue weighted by molar-refractivity contribution is 0.181. The molecule has 0 spiro atoms. The van der Waals surface area contributed by atoms with Crippen molar-refractivity contribution in [3.63, 3.8) is 0 Å². The monoisotopic (exact) mass is 453 g/mol. The minimum absolute atomic E-state index is 0.0198. The minimum atomic E-state index is -1.12. The van der Waals surface area contributed by atoms with Crippen LogP contribution in [-0.2, 0) is 4.74 Å². The predicted octanol–water partition coefficient (Wildman–Crippen LogP) is 3.65. The van der Waals surface area contributed by atoms with Gasteiger partial charge in [0.15, 0.2) is 5.82 Å². The summed E-state index contributed by atoms with van der Waals surface area (Å²) >= 11 is 0. The van der Waals surface area contributed by atoms with E-state index in [0.29, 0.717) is 48.6 Å². The number of aromatic nitrogens is 2. The van der Waals surface area contributed by atoms with Crippen molar-refractivity contribution < 1.29 is 23.8 Å². The molecule has 9 nitrogen and oxygen atoms in total. The Hall–Kier alpha value is -3.66. The van der Waals surface area contributed by atoms with Gasteiger partial charge in [0.1, 0.15) is 18.1 Å². The van der Waals surface area contributed by atoms with E-state index < -0.39 is 11.9 Å². The van der Waals surface area contributed by atoms with E-state index in [-0.39, 0.29) is 29.0 Å². The third kappa shape index (κ3) is 3.46. The number of rotatable bonds is 3. The first-order valence-electron chi connectivity index (χ1n) is 10.7. The SMILES string of the molecule is Cc1c(-c2cc3cc(N(C(=O)O)C4COCC4C)ncc3c(N)c2F)cnc2c1NCCO2. The quantitative estimate of drug-likeness (QED) is 0.514. The number of nitrogens with zero attached hydrogens (tertiary/aromatic N) is 3. The number of hydrogen-bond acceptors (Lipinski definition) is 7. The summed E-state index contributed by atoms with van der Waals surface area (Å²) in [7, 11) is 0. The van der Waals surface area contributed by atoms with Crippen molar-refractivity contribution in [3.05, 3.63) is 35.9 Å². The zero-order chi connectivity index (χ0) is 23.3. The summed E-state index contributed by atoms with van der Waals surface area (Å²) in [5.41, 5.74) is 8.45. The van der Waals surface area contributed by atoms with Gasteiger partial charge in [-0.15, -0.1) is 0 Å². The summed E-state index contributed by atoms with van der Waals surface area (Å²) in [6.07, 6.45) is 1.85. The molecule has 0 saturated carbocycles. The van der Waals surface area contributed by atoms with Crippen LogP contribution in [0.4, 0.5) is 26.4 Å². The van der Waals surface area contributed by atoms with Gasteiger partial charge in [-0.25, -0.2) is 19.2 Å². The fourth-order valence-electron chi connectivity index (χ4n) is 4.50. The molecule has 0 bridgehead atoms. The van der Waals surface area contributed by atoms with Gasteiger partial charge in [0.2, 0.25) is 5.88 Å². The smallest absolute Gasteiger partial charge is 0.413 e. The standard InChI is InChI=1S/C23H24FN5O4/c1-11-9-32-10-17(11)29(23(30)31)18-6-13-5-14(19(24)20(25)16(13)8-27-18)15-7-28-22-21(12(15)2)26-3-4-33-22/h5-8,11,17,26H,3-4,9-10,25H2,1-2H3,(H,30,31). The second-order valence-corrected chi connectivity index (χ2v) is 8.40. The van der Waals surface area contributed by atoms with Crippen LogP contribution in [0, 0.1) is 18.7 Å². The Morgan fingerprint density at radius 3 is 2.82 bits per heavy atom. The van der Waals surface area contributed by atoms with Crippen LogP contribution in [0.25, 0.3) is 21.9 Å². The summed E-state index contributed by atoms with van der Waals surface area (Å²) in [6, 6.07) is 2.92. The van der Waals surface area contributed by atoms with Crippen LogP contribution < -0.4 is 20.7 Å². The summed E-state index contributed by atoms with van der Waals surface area (Å²) in [5.74, 6) is 0.163. The van der Waals surface area contributed by atoms with E-state index in [9.17, 15) is 9.90 Å². The first-order valence-corrected chi connectivity index (χ1v) is 10.7. The van der Waals surface area contributed by atoms with E-state index in [1.54, 1.807) is 18.3 Å². The molecule has 33 heavy (non-hydrogen) atoms. The number of halogens is 1. The van der Waals surface area contributed by atoms with E-state index in [1.165, 1.54) is 11.1 Å². The molecule has 2 atom stereocenters. The highest BCUT2D eigenvalue weighted by atomic mass is 19.1. The van der Waals surface area contributed by atoms with Crippen molar-refractivity contribution in [3.8, 4) is 17.0 Å². The van der Waals surface area contributed by atoms with Crippen molar-refractivity contribution in [1.82, 2.24) is 9.97 Å². The molecule has 172 valence electrons. The number of nitrogens with one attached hydrogen (secondary N) is 1. The van der Waals surface area contributed by atoms with Crippen LogP contribution in [-0.4, -0.2) is 53.6 Å². The van der Waals surface area contributed by atoms with E-state index in [1.807, 2.05) is 13.8 Å². The third-order valence-electron chi connectivity index (χ3n) is 6.33. The number of ether oxygens (including phenoxy) is 2.